The number of rotatable bonds is 6. The van der Waals surface area contributed by atoms with Gasteiger partial charge in [0.15, 0.2) is 0 Å². The molecule has 0 amide bonds. The maximum atomic E-state index is 4.46. The second-order valence-corrected chi connectivity index (χ2v) is 4.10. The molecule has 0 fully saturated rings. The van der Waals surface area contributed by atoms with E-state index < -0.39 is 0 Å². The van der Waals surface area contributed by atoms with Gasteiger partial charge in [-0.15, -0.1) is 0 Å². The molecule has 0 aliphatic heterocycles. The highest BCUT2D eigenvalue weighted by Gasteiger charge is 2.19. The lowest BCUT2D eigenvalue weighted by Crippen LogP contribution is -2.26. The van der Waals surface area contributed by atoms with E-state index in [0.717, 1.165) is 31.0 Å². The Bertz CT molecular complexity index is 465. The van der Waals surface area contributed by atoms with Crippen molar-refractivity contribution in [3.63, 3.8) is 0 Å². The molecule has 2 aromatic rings. The van der Waals surface area contributed by atoms with Crippen LogP contribution in [0.5, 0.6) is 0 Å². The van der Waals surface area contributed by atoms with Crippen molar-refractivity contribution in [3.8, 4) is 0 Å². The van der Waals surface area contributed by atoms with Gasteiger partial charge >= 0.3 is 0 Å². The summed E-state index contributed by atoms with van der Waals surface area (Å²) < 4.78 is 2.17. The summed E-state index contributed by atoms with van der Waals surface area (Å²) >= 11 is 0. The zero-order chi connectivity index (χ0) is 12.8. The van der Waals surface area contributed by atoms with E-state index in [1.165, 1.54) is 0 Å². The van der Waals surface area contributed by atoms with Crippen LogP contribution in [0.2, 0.25) is 0 Å². The molecule has 2 heterocycles. The van der Waals surface area contributed by atoms with Gasteiger partial charge in [-0.1, -0.05) is 13.8 Å². The first-order chi connectivity index (χ1) is 8.86. The number of aryl methyl sites for hydroxylation is 1. The van der Waals surface area contributed by atoms with Crippen LogP contribution >= 0.6 is 0 Å². The summed E-state index contributed by atoms with van der Waals surface area (Å²) in [6, 6.07) is 0.00486. The van der Waals surface area contributed by atoms with Crippen LogP contribution in [0.4, 0.5) is 0 Å². The molecule has 96 valence electrons. The molecule has 1 unspecified atom stereocenters. The number of aromatic nitrogens is 4. The van der Waals surface area contributed by atoms with Crippen molar-refractivity contribution < 1.29 is 0 Å². The Morgan fingerprint density at radius 2 is 2.11 bits per heavy atom. The van der Waals surface area contributed by atoms with E-state index in [0.29, 0.717) is 0 Å². The van der Waals surface area contributed by atoms with Crippen LogP contribution in [-0.2, 0) is 6.54 Å². The second-order valence-electron chi connectivity index (χ2n) is 4.10. The van der Waals surface area contributed by atoms with E-state index in [2.05, 4.69) is 38.7 Å². The molecular formula is C13H19N5. The fourth-order valence-electron chi connectivity index (χ4n) is 2.00. The molecule has 0 spiro atoms. The molecule has 1 atom stereocenters. The molecule has 0 aliphatic carbocycles. The molecule has 2 aromatic heterocycles. The largest absolute Gasteiger partial charge is 0.333 e. The smallest absolute Gasteiger partial charge is 0.132 e. The van der Waals surface area contributed by atoms with Crippen LogP contribution in [0.3, 0.4) is 0 Å². The van der Waals surface area contributed by atoms with E-state index >= 15 is 0 Å². The van der Waals surface area contributed by atoms with Gasteiger partial charge in [-0.05, 0) is 13.0 Å². The summed E-state index contributed by atoms with van der Waals surface area (Å²) in [5.41, 5.74) is 0.905. The van der Waals surface area contributed by atoms with Gasteiger partial charge in [0.25, 0.3) is 0 Å². The highest BCUT2D eigenvalue weighted by molar-refractivity contribution is 5.15. The van der Waals surface area contributed by atoms with E-state index in [-0.39, 0.29) is 6.04 Å². The minimum Gasteiger partial charge on any atom is -0.333 e. The first-order valence-electron chi connectivity index (χ1n) is 6.37. The van der Waals surface area contributed by atoms with Crippen molar-refractivity contribution >= 4 is 0 Å². The zero-order valence-corrected chi connectivity index (χ0v) is 10.9. The van der Waals surface area contributed by atoms with Gasteiger partial charge in [-0.2, -0.15) is 0 Å². The van der Waals surface area contributed by atoms with E-state index in [4.69, 9.17) is 0 Å². The molecule has 0 bridgehead atoms. The summed E-state index contributed by atoms with van der Waals surface area (Å²) in [6.07, 6.45) is 10.1. The summed E-state index contributed by atoms with van der Waals surface area (Å²) in [5.74, 6) is 0.999. The average Bonchev–Trinajstić information content (AvgIpc) is 2.85. The van der Waals surface area contributed by atoms with Gasteiger partial charge in [-0.25, -0.2) is 4.98 Å². The SMILES string of the molecule is CCCn1ccnc1C(NCC)c1cnccn1. The predicted molar refractivity (Wildman–Crippen MR) is 70.1 cm³/mol. The molecule has 0 aromatic carbocycles. The van der Waals surface area contributed by atoms with E-state index in [1.807, 2.05) is 12.4 Å². The maximum absolute atomic E-state index is 4.46. The molecule has 0 radical (unpaired) electrons. The fraction of sp³-hybridized carbons (Fsp3) is 0.462. The molecule has 5 nitrogen and oxygen atoms in total. The van der Waals surface area contributed by atoms with Gasteiger partial charge in [0.05, 0.1) is 11.9 Å². The van der Waals surface area contributed by atoms with Crippen LogP contribution < -0.4 is 5.32 Å². The van der Waals surface area contributed by atoms with Crippen LogP contribution in [-0.4, -0.2) is 26.1 Å². The minimum absolute atomic E-state index is 0.00486. The number of hydrogen-bond donors (Lipinski definition) is 1. The molecule has 2 rings (SSSR count). The molecule has 1 N–H and O–H groups in total. The van der Waals surface area contributed by atoms with Crippen LogP contribution in [0.15, 0.2) is 31.0 Å². The first-order valence-corrected chi connectivity index (χ1v) is 6.37. The third kappa shape index (κ3) is 2.73. The Morgan fingerprint density at radius 1 is 1.22 bits per heavy atom. The van der Waals surface area contributed by atoms with Crippen LogP contribution in [0, 0.1) is 0 Å². The van der Waals surface area contributed by atoms with Gasteiger partial charge < -0.3 is 9.88 Å². The second kappa shape index (κ2) is 6.26. The molecule has 5 heteroatoms. The van der Waals surface area contributed by atoms with Crippen molar-refractivity contribution in [1.82, 2.24) is 24.8 Å². The summed E-state index contributed by atoms with van der Waals surface area (Å²) in [7, 11) is 0. The summed E-state index contributed by atoms with van der Waals surface area (Å²) in [5, 5.41) is 3.41. The summed E-state index contributed by atoms with van der Waals surface area (Å²) in [6.45, 7) is 6.07. The monoisotopic (exact) mass is 245 g/mol. The molecule has 0 saturated heterocycles. The van der Waals surface area contributed by atoms with Crippen molar-refractivity contribution in [3.05, 3.63) is 42.5 Å². The van der Waals surface area contributed by atoms with Gasteiger partial charge in [-0.3, -0.25) is 9.97 Å². The number of nitrogens with one attached hydrogen (secondary N) is 1. The van der Waals surface area contributed by atoms with E-state index in [9.17, 15) is 0 Å². The Hall–Kier alpha value is -1.75. The molecule has 0 saturated carbocycles. The van der Waals surface area contributed by atoms with Crippen molar-refractivity contribution in [2.24, 2.45) is 0 Å². The van der Waals surface area contributed by atoms with Gasteiger partial charge in [0.1, 0.15) is 11.9 Å². The third-order valence-electron chi connectivity index (χ3n) is 2.76. The van der Waals surface area contributed by atoms with Crippen LogP contribution in [0.25, 0.3) is 0 Å². The molecule has 18 heavy (non-hydrogen) atoms. The highest BCUT2D eigenvalue weighted by Crippen LogP contribution is 2.18. The lowest BCUT2D eigenvalue weighted by molar-refractivity contribution is 0.534. The average molecular weight is 245 g/mol. The predicted octanol–water partition coefficient (Wildman–Crippen LogP) is 1.78. The standard InChI is InChI=1S/C13H19N5/c1-3-8-18-9-7-17-13(18)12(15-4-2)11-10-14-5-6-16-11/h5-7,9-10,12,15H,3-4,8H2,1-2H3. The lowest BCUT2D eigenvalue weighted by Gasteiger charge is -2.18. The number of hydrogen-bond acceptors (Lipinski definition) is 4. The van der Waals surface area contributed by atoms with Gasteiger partial charge in [0.2, 0.25) is 0 Å². The fourth-order valence-corrected chi connectivity index (χ4v) is 2.00. The zero-order valence-electron chi connectivity index (χ0n) is 10.9. The topological polar surface area (TPSA) is 55.6 Å². The lowest BCUT2D eigenvalue weighted by atomic mass is 10.2. The Labute approximate surface area is 107 Å². The maximum Gasteiger partial charge on any atom is 0.132 e. The normalized spacial score (nSPS) is 12.6. The van der Waals surface area contributed by atoms with E-state index in [1.54, 1.807) is 18.6 Å². The highest BCUT2D eigenvalue weighted by atomic mass is 15.1. The number of imidazole rings is 1. The van der Waals surface area contributed by atoms with Crippen molar-refractivity contribution in [1.29, 1.82) is 0 Å². The van der Waals surface area contributed by atoms with Gasteiger partial charge in [0, 0.05) is 31.3 Å². The quantitative estimate of drug-likeness (QED) is 0.843. The van der Waals surface area contributed by atoms with Crippen molar-refractivity contribution in [2.45, 2.75) is 32.9 Å². The Balaban J connectivity index is 2.32. The Kier molecular flexibility index (Phi) is 4.41. The minimum atomic E-state index is 0.00486. The third-order valence-corrected chi connectivity index (χ3v) is 2.76. The molecule has 0 aliphatic rings. The number of nitrogens with zero attached hydrogens (tertiary/aromatic N) is 4. The summed E-state index contributed by atoms with van der Waals surface area (Å²) in [4.78, 5) is 13.0. The van der Waals surface area contributed by atoms with Crippen LogP contribution in [0.1, 0.15) is 37.8 Å². The first kappa shape index (κ1) is 12.7. The molecular weight excluding hydrogens is 226 g/mol. The van der Waals surface area contributed by atoms with Crippen molar-refractivity contribution in [2.75, 3.05) is 6.54 Å². The Morgan fingerprint density at radius 3 is 2.78 bits per heavy atom.